The van der Waals surface area contributed by atoms with E-state index in [0.717, 1.165) is 25.7 Å². The standard InChI is InChI=1S/C16H27NO/c1-2-14(12-17)16(18)11-7-6-10-15(16)13-8-4-3-5-9-13/h13-15,18H,2-11H2,1H3. The maximum atomic E-state index is 11.1. The number of rotatable bonds is 3. The van der Waals surface area contributed by atoms with E-state index in [1.54, 1.807) is 0 Å². The number of aliphatic hydroxyl groups is 1. The molecule has 1 N–H and O–H groups in total. The second-order valence-electron chi connectivity index (χ2n) is 6.33. The van der Waals surface area contributed by atoms with Crippen LogP contribution < -0.4 is 0 Å². The third-order valence-electron chi connectivity index (χ3n) is 5.37. The number of nitrogens with zero attached hydrogens (tertiary/aromatic N) is 1. The lowest BCUT2D eigenvalue weighted by Gasteiger charge is -2.47. The zero-order valence-corrected chi connectivity index (χ0v) is 11.7. The maximum absolute atomic E-state index is 11.1. The first kappa shape index (κ1) is 13.9. The first-order valence-corrected chi connectivity index (χ1v) is 7.84. The summed E-state index contributed by atoms with van der Waals surface area (Å²) in [6, 6.07) is 2.38. The van der Waals surface area contributed by atoms with Crippen LogP contribution in [0.3, 0.4) is 0 Å². The third-order valence-corrected chi connectivity index (χ3v) is 5.37. The van der Waals surface area contributed by atoms with Crippen LogP contribution in [0.1, 0.15) is 71.1 Å². The average molecular weight is 249 g/mol. The van der Waals surface area contributed by atoms with Crippen LogP contribution in [-0.4, -0.2) is 10.7 Å². The molecule has 2 rings (SSSR count). The molecule has 0 amide bonds. The Balaban J connectivity index is 2.16. The second kappa shape index (κ2) is 6.06. The third kappa shape index (κ3) is 2.57. The van der Waals surface area contributed by atoms with E-state index in [9.17, 15) is 10.4 Å². The number of nitriles is 1. The minimum atomic E-state index is -0.691. The first-order chi connectivity index (χ1) is 8.72. The molecule has 2 fully saturated rings. The first-order valence-electron chi connectivity index (χ1n) is 7.84. The van der Waals surface area contributed by atoms with Gasteiger partial charge >= 0.3 is 0 Å². The summed E-state index contributed by atoms with van der Waals surface area (Å²) in [5, 5.41) is 20.5. The topological polar surface area (TPSA) is 44.0 Å². The Morgan fingerprint density at radius 3 is 2.44 bits per heavy atom. The molecule has 0 aliphatic heterocycles. The summed E-state index contributed by atoms with van der Waals surface area (Å²) in [6.07, 6.45) is 11.7. The van der Waals surface area contributed by atoms with Crippen molar-refractivity contribution in [1.82, 2.24) is 0 Å². The van der Waals surface area contributed by atoms with E-state index in [0.29, 0.717) is 11.8 Å². The van der Waals surface area contributed by atoms with Gasteiger partial charge in [-0.1, -0.05) is 51.9 Å². The average Bonchev–Trinajstić information content (AvgIpc) is 2.41. The molecule has 102 valence electrons. The van der Waals surface area contributed by atoms with E-state index in [1.807, 2.05) is 6.92 Å². The normalized spacial score (nSPS) is 35.9. The Hall–Kier alpha value is -0.550. The summed E-state index contributed by atoms with van der Waals surface area (Å²) in [6.45, 7) is 2.04. The van der Waals surface area contributed by atoms with Crippen molar-refractivity contribution in [2.24, 2.45) is 17.8 Å². The van der Waals surface area contributed by atoms with Gasteiger partial charge in [0, 0.05) is 0 Å². The molecule has 0 aromatic rings. The van der Waals surface area contributed by atoms with E-state index in [1.165, 1.54) is 38.5 Å². The van der Waals surface area contributed by atoms with E-state index < -0.39 is 5.60 Å². The minimum absolute atomic E-state index is 0.162. The van der Waals surface area contributed by atoms with Crippen LogP contribution in [0.2, 0.25) is 0 Å². The van der Waals surface area contributed by atoms with Crippen molar-refractivity contribution in [3.05, 3.63) is 0 Å². The van der Waals surface area contributed by atoms with Crippen molar-refractivity contribution in [1.29, 1.82) is 5.26 Å². The molecule has 18 heavy (non-hydrogen) atoms. The molecule has 2 aliphatic carbocycles. The molecule has 0 aromatic carbocycles. The van der Waals surface area contributed by atoms with Crippen molar-refractivity contribution in [2.75, 3.05) is 0 Å². The molecule has 2 heteroatoms. The fraction of sp³-hybridized carbons (Fsp3) is 0.938. The van der Waals surface area contributed by atoms with E-state index >= 15 is 0 Å². The molecule has 0 saturated heterocycles. The predicted molar refractivity (Wildman–Crippen MR) is 72.9 cm³/mol. The lowest BCUT2D eigenvalue weighted by molar-refractivity contribution is -0.105. The molecule has 2 saturated carbocycles. The summed E-state index contributed by atoms with van der Waals surface area (Å²) >= 11 is 0. The Bertz CT molecular complexity index is 303. The van der Waals surface area contributed by atoms with Gasteiger partial charge in [0.25, 0.3) is 0 Å². The van der Waals surface area contributed by atoms with Gasteiger partial charge in [-0.2, -0.15) is 5.26 Å². The van der Waals surface area contributed by atoms with Crippen LogP contribution in [0.15, 0.2) is 0 Å². The lowest BCUT2D eigenvalue weighted by atomic mass is 9.61. The number of hydrogen-bond donors (Lipinski definition) is 1. The number of hydrogen-bond acceptors (Lipinski definition) is 2. The van der Waals surface area contributed by atoms with Crippen LogP contribution in [-0.2, 0) is 0 Å². The molecular weight excluding hydrogens is 222 g/mol. The largest absolute Gasteiger partial charge is 0.388 e. The van der Waals surface area contributed by atoms with Crippen LogP contribution >= 0.6 is 0 Å². The molecule has 0 spiro atoms. The molecular formula is C16H27NO. The summed E-state index contributed by atoms with van der Waals surface area (Å²) in [4.78, 5) is 0. The lowest BCUT2D eigenvalue weighted by Crippen LogP contribution is -2.50. The SMILES string of the molecule is CCC(C#N)C1(O)CCCCC1C1CCCCC1. The van der Waals surface area contributed by atoms with Gasteiger partial charge in [-0.15, -0.1) is 0 Å². The second-order valence-corrected chi connectivity index (χ2v) is 6.33. The predicted octanol–water partition coefficient (Wildman–Crippen LogP) is 4.04. The molecule has 3 unspecified atom stereocenters. The van der Waals surface area contributed by atoms with Gasteiger partial charge in [-0.05, 0) is 31.1 Å². The van der Waals surface area contributed by atoms with Gasteiger partial charge < -0.3 is 5.11 Å². The van der Waals surface area contributed by atoms with Crippen molar-refractivity contribution < 1.29 is 5.11 Å². The van der Waals surface area contributed by atoms with Crippen molar-refractivity contribution in [3.8, 4) is 6.07 Å². The van der Waals surface area contributed by atoms with Gasteiger partial charge in [0.15, 0.2) is 0 Å². The zero-order valence-electron chi connectivity index (χ0n) is 11.7. The molecule has 0 radical (unpaired) electrons. The summed E-state index contributed by atoms with van der Waals surface area (Å²) in [5.41, 5.74) is -0.691. The smallest absolute Gasteiger partial charge is 0.0835 e. The highest BCUT2D eigenvalue weighted by Gasteiger charge is 2.47. The fourth-order valence-electron chi connectivity index (χ4n) is 4.38. The Morgan fingerprint density at radius 2 is 1.83 bits per heavy atom. The van der Waals surface area contributed by atoms with Crippen LogP contribution in [0.4, 0.5) is 0 Å². The van der Waals surface area contributed by atoms with Gasteiger partial charge in [-0.3, -0.25) is 0 Å². The van der Waals surface area contributed by atoms with Gasteiger partial charge in [0.05, 0.1) is 17.6 Å². The Morgan fingerprint density at radius 1 is 1.17 bits per heavy atom. The maximum Gasteiger partial charge on any atom is 0.0835 e. The minimum Gasteiger partial charge on any atom is -0.388 e. The highest BCUT2D eigenvalue weighted by molar-refractivity contribution is 5.05. The fourth-order valence-corrected chi connectivity index (χ4v) is 4.38. The van der Waals surface area contributed by atoms with E-state index in [4.69, 9.17) is 0 Å². The summed E-state index contributed by atoms with van der Waals surface area (Å²) in [7, 11) is 0. The highest BCUT2D eigenvalue weighted by atomic mass is 16.3. The molecule has 3 atom stereocenters. The van der Waals surface area contributed by atoms with Crippen LogP contribution in [0, 0.1) is 29.1 Å². The molecule has 0 bridgehead atoms. The van der Waals surface area contributed by atoms with E-state index in [2.05, 4.69) is 6.07 Å². The summed E-state index contributed by atoms with van der Waals surface area (Å²) in [5.74, 6) is 0.896. The molecule has 2 nitrogen and oxygen atoms in total. The monoisotopic (exact) mass is 249 g/mol. The summed E-state index contributed by atoms with van der Waals surface area (Å²) < 4.78 is 0. The molecule has 0 aromatic heterocycles. The van der Waals surface area contributed by atoms with Crippen molar-refractivity contribution >= 4 is 0 Å². The van der Waals surface area contributed by atoms with E-state index in [-0.39, 0.29) is 5.92 Å². The van der Waals surface area contributed by atoms with Crippen molar-refractivity contribution in [2.45, 2.75) is 76.7 Å². The zero-order chi connectivity index (χ0) is 13.0. The molecule has 0 heterocycles. The van der Waals surface area contributed by atoms with Crippen LogP contribution in [0.5, 0.6) is 0 Å². The highest BCUT2D eigenvalue weighted by Crippen LogP contribution is 2.47. The Labute approximate surface area is 111 Å². The quantitative estimate of drug-likeness (QED) is 0.820. The van der Waals surface area contributed by atoms with Crippen LogP contribution in [0.25, 0.3) is 0 Å². The van der Waals surface area contributed by atoms with Gasteiger partial charge in [-0.25, -0.2) is 0 Å². The van der Waals surface area contributed by atoms with Gasteiger partial charge in [0.1, 0.15) is 0 Å². The van der Waals surface area contributed by atoms with Gasteiger partial charge in [0.2, 0.25) is 0 Å². The molecule has 2 aliphatic rings. The Kier molecular flexibility index (Phi) is 4.67. The van der Waals surface area contributed by atoms with Crippen molar-refractivity contribution in [3.63, 3.8) is 0 Å².